The maximum atomic E-state index is 9.73. The molecule has 0 saturated carbocycles. The number of hydrogen-bond acceptors (Lipinski definition) is 4. The fourth-order valence-electron chi connectivity index (χ4n) is 0.438. The van der Waals surface area contributed by atoms with Gasteiger partial charge in [-0.25, -0.2) is 5.84 Å². The molecule has 0 fully saturated rings. The molecule has 0 aliphatic carbocycles. The number of amides is 1. The summed E-state index contributed by atoms with van der Waals surface area (Å²) in [5.41, 5.74) is 5.04. The number of carbonyl (C=O) groups excluding carboxylic acids is 1. The molecule has 0 aliphatic heterocycles. The normalized spacial score (nSPS) is 9.70. The van der Waals surface area contributed by atoms with Crippen LogP contribution in [0, 0.1) is 0 Å². The Kier molecular flexibility index (Phi) is 5.17. The zero-order valence-corrected chi connectivity index (χ0v) is 5.66. The van der Waals surface area contributed by atoms with Gasteiger partial charge in [-0.3, -0.25) is 4.79 Å². The van der Waals surface area contributed by atoms with Gasteiger partial charge in [0.15, 0.2) is 0 Å². The average Bonchev–Trinajstić information content (AvgIpc) is 1.89. The summed E-state index contributed by atoms with van der Waals surface area (Å²) in [6, 6.07) is 0. The zero-order chi connectivity index (χ0) is 7.82. The van der Waals surface area contributed by atoms with Crippen molar-refractivity contribution in [3.05, 3.63) is 12.4 Å². The SMILES string of the molecule is N/C=C\N(N)CCNC=O. The van der Waals surface area contributed by atoms with E-state index in [9.17, 15) is 4.79 Å². The van der Waals surface area contributed by atoms with Crippen LogP contribution in [0.5, 0.6) is 0 Å². The van der Waals surface area contributed by atoms with Gasteiger partial charge in [0, 0.05) is 18.9 Å². The van der Waals surface area contributed by atoms with Crippen LogP contribution in [0.4, 0.5) is 0 Å². The summed E-state index contributed by atoms with van der Waals surface area (Å²) in [5, 5.41) is 3.85. The minimum atomic E-state index is 0.518. The van der Waals surface area contributed by atoms with E-state index in [2.05, 4.69) is 5.32 Å². The molecular formula is C5H12N4O. The lowest BCUT2D eigenvalue weighted by Crippen LogP contribution is -2.32. The largest absolute Gasteiger partial charge is 0.403 e. The third kappa shape index (κ3) is 4.92. The third-order valence-electron chi connectivity index (χ3n) is 0.875. The number of hydrazine groups is 1. The molecule has 0 saturated heterocycles. The highest BCUT2D eigenvalue weighted by atomic mass is 16.1. The van der Waals surface area contributed by atoms with Gasteiger partial charge in [-0.05, 0) is 0 Å². The topological polar surface area (TPSA) is 84.4 Å². The van der Waals surface area contributed by atoms with Crippen LogP contribution in [0.25, 0.3) is 0 Å². The van der Waals surface area contributed by atoms with Crippen molar-refractivity contribution in [1.82, 2.24) is 10.3 Å². The van der Waals surface area contributed by atoms with Gasteiger partial charge < -0.3 is 16.1 Å². The van der Waals surface area contributed by atoms with Crippen LogP contribution in [0.3, 0.4) is 0 Å². The molecule has 0 spiro atoms. The van der Waals surface area contributed by atoms with Gasteiger partial charge in [0.2, 0.25) is 6.41 Å². The molecule has 5 N–H and O–H groups in total. The molecule has 5 heteroatoms. The Morgan fingerprint density at radius 1 is 1.60 bits per heavy atom. The molecule has 0 atom stereocenters. The molecule has 0 heterocycles. The van der Waals surface area contributed by atoms with Crippen molar-refractivity contribution in [2.24, 2.45) is 11.6 Å². The Morgan fingerprint density at radius 3 is 2.80 bits per heavy atom. The first kappa shape index (κ1) is 8.77. The van der Waals surface area contributed by atoms with Gasteiger partial charge >= 0.3 is 0 Å². The van der Waals surface area contributed by atoms with E-state index in [1.807, 2.05) is 0 Å². The fraction of sp³-hybridized carbons (Fsp3) is 0.400. The Labute approximate surface area is 59.6 Å². The van der Waals surface area contributed by atoms with Crippen molar-refractivity contribution in [2.75, 3.05) is 13.1 Å². The second-order valence-electron chi connectivity index (χ2n) is 1.65. The highest BCUT2D eigenvalue weighted by Gasteiger charge is 1.87. The van der Waals surface area contributed by atoms with Crippen molar-refractivity contribution >= 4 is 6.41 Å². The fourth-order valence-corrected chi connectivity index (χ4v) is 0.438. The van der Waals surface area contributed by atoms with Gasteiger partial charge in [0.25, 0.3) is 0 Å². The summed E-state index contributed by atoms with van der Waals surface area (Å²) in [5.74, 6) is 5.34. The van der Waals surface area contributed by atoms with E-state index in [4.69, 9.17) is 11.6 Å². The van der Waals surface area contributed by atoms with Gasteiger partial charge in [-0.1, -0.05) is 0 Å². The summed E-state index contributed by atoms with van der Waals surface area (Å²) in [6.07, 6.45) is 3.48. The summed E-state index contributed by atoms with van der Waals surface area (Å²) in [6.45, 7) is 1.07. The van der Waals surface area contributed by atoms with Crippen molar-refractivity contribution in [3.63, 3.8) is 0 Å². The van der Waals surface area contributed by atoms with Crippen molar-refractivity contribution < 1.29 is 4.79 Å². The van der Waals surface area contributed by atoms with Crippen LogP contribution >= 0.6 is 0 Å². The summed E-state index contributed by atoms with van der Waals surface area (Å²) >= 11 is 0. The number of carbonyl (C=O) groups is 1. The monoisotopic (exact) mass is 144 g/mol. The predicted octanol–water partition coefficient (Wildman–Crippen LogP) is -1.66. The van der Waals surface area contributed by atoms with E-state index < -0.39 is 0 Å². The highest BCUT2D eigenvalue weighted by Crippen LogP contribution is 1.73. The van der Waals surface area contributed by atoms with E-state index >= 15 is 0 Å². The van der Waals surface area contributed by atoms with Crippen LogP contribution < -0.4 is 16.9 Å². The Hall–Kier alpha value is -1.23. The van der Waals surface area contributed by atoms with Crippen molar-refractivity contribution in [1.29, 1.82) is 0 Å². The lowest BCUT2D eigenvalue weighted by Gasteiger charge is -2.11. The standard InChI is InChI=1S/C5H12N4O/c6-1-3-9(7)4-2-8-5-10/h1,3,5H,2,4,6-7H2,(H,8,10)/b3-1-. The third-order valence-corrected chi connectivity index (χ3v) is 0.875. The van der Waals surface area contributed by atoms with Crippen LogP contribution in [0.1, 0.15) is 0 Å². The molecule has 0 aromatic carbocycles. The number of nitrogens with two attached hydrogens (primary N) is 2. The maximum Gasteiger partial charge on any atom is 0.207 e. The maximum absolute atomic E-state index is 9.73. The average molecular weight is 144 g/mol. The van der Waals surface area contributed by atoms with E-state index in [-0.39, 0.29) is 0 Å². The van der Waals surface area contributed by atoms with Crippen LogP contribution in [-0.4, -0.2) is 24.5 Å². The number of rotatable bonds is 5. The minimum Gasteiger partial charge on any atom is -0.403 e. The Morgan fingerprint density at radius 2 is 2.30 bits per heavy atom. The molecule has 5 nitrogen and oxygen atoms in total. The van der Waals surface area contributed by atoms with Gasteiger partial charge in [-0.15, -0.1) is 0 Å². The van der Waals surface area contributed by atoms with Crippen molar-refractivity contribution in [2.45, 2.75) is 0 Å². The smallest absolute Gasteiger partial charge is 0.207 e. The number of nitrogens with one attached hydrogen (secondary N) is 1. The van der Waals surface area contributed by atoms with Crippen molar-refractivity contribution in [3.8, 4) is 0 Å². The summed E-state index contributed by atoms with van der Waals surface area (Å²) < 4.78 is 0. The lowest BCUT2D eigenvalue weighted by molar-refractivity contribution is -0.109. The first-order valence-electron chi connectivity index (χ1n) is 2.88. The second-order valence-corrected chi connectivity index (χ2v) is 1.65. The lowest BCUT2D eigenvalue weighted by atomic mass is 10.6. The predicted molar refractivity (Wildman–Crippen MR) is 38.3 cm³/mol. The molecule has 0 aliphatic rings. The van der Waals surface area contributed by atoms with E-state index in [0.29, 0.717) is 19.5 Å². The Balaban J connectivity index is 3.20. The highest BCUT2D eigenvalue weighted by molar-refractivity contribution is 5.45. The molecule has 58 valence electrons. The van der Waals surface area contributed by atoms with E-state index in [0.717, 1.165) is 0 Å². The molecule has 0 bridgehead atoms. The van der Waals surface area contributed by atoms with Crippen LogP contribution in [0.15, 0.2) is 12.4 Å². The first-order valence-corrected chi connectivity index (χ1v) is 2.88. The molecule has 0 aromatic heterocycles. The van der Waals surface area contributed by atoms with E-state index in [1.54, 1.807) is 0 Å². The summed E-state index contributed by atoms with van der Waals surface area (Å²) in [7, 11) is 0. The molecule has 10 heavy (non-hydrogen) atoms. The van der Waals surface area contributed by atoms with Crippen LogP contribution in [0.2, 0.25) is 0 Å². The first-order chi connectivity index (χ1) is 4.81. The van der Waals surface area contributed by atoms with Crippen LogP contribution in [-0.2, 0) is 4.79 Å². The van der Waals surface area contributed by atoms with Gasteiger partial charge in [-0.2, -0.15) is 0 Å². The minimum absolute atomic E-state index is 0.518. The molecule has 0 radical (unpaired) electrons. The van der Waals surface area contributed by atoms with E-state index in [1.165, 1.54) is 17.4 Å². The molecule has 1 amide bonds. The number of nitrogens with zero attached hydrogens (tertiary/aromatic N) is 1. The molecule has 0 unspecified atom stereocenters. The zero-order valence-electron chi connectivity index (χ0n) is 5.66. The quantitative estimate of drug-likeness (QED) is 0.186. The molecule has 0 rings (SSSR count). The van der Waals surface area contributed by atoms with Gasteiger partial charge in [0.05, 0.1) is 6.54 Å². The number of hydrogen-bond donors (Lipinski definition) is 3. The second kappa shape index (κ2) is 5.90. The molecular weight excluding hydrogens is 132 g/mol. The molecule has 0 aromatic rings. The Bertz CT molecular complexity index is 114. The van der Waals surface area contributed by atoms with Gasteiger partial charge in [0.1, 0.15) is 0 Å². The summed E-state index contributed by atoms with van der Waals surface area (Å²) in [4.78, 5) is 9.73.